The molecule has 1 aliphatic rings. The zero-order valence-electron chi connectivity index (χ0n) is 17.3. The van der Waals surface area contributed by atoms with Crippen LogP contribution in [0.2, 0.25) is 0 Å². The molecule has 0 bridgehead atoms. The summed E-state index contributed by atoms with van der Waals surface area (Å²) in [4.78, 5) is 25.7. The van der Waals surface area contributed by atoms with E-state index in [-0.39, 0.29) is 5.56 Å². The topological polar surface area (TPSA) is 69.9 Å². The molecule has 150 valence electrons. The van der Waals surface area contributed by atoms with Gasteiger partial charge in [0, 0.05) is 53.8 Å². The maximum Gasteiger partial charge on any atom is 0.253 e. The molecule has 4 rings (SSSR count). The van der Waals surface area contributed by atoms with Crippen molar-refractivity contribution >= 4 is 0 Å². The maximum absolute atomic E-state index is 12.2. The van der Waals surface area contributed by atoms with Crippen LogP contribution >= 0.6 is 0 Å². The molecule has 0 amide bonds. The Hall–Kier alpha value is -3.02. The molecule has 0 aromatic carbocycles. The van der Waals surface area contributed by atoms with E-state index in [1.54, 1.807) is 10.8 Å². The van der Waals surface area contributed by atoms with Crippen LogP contribution in [0, 0.1) is 26.7 Å². The van der Waals surface area contributed by atoms with E-state index in [9.17, 15) is 4.79 Å². The van der Waals surface area contributed by atoms with E-state index in [1.165, 1.54) is 5.56 Å². The monoisotopic (exact) mass is 390 g/mol. The Labute approximate surface area is 170 Å². The quantitative estimate of drug-likeness (QED) is 0.640. The van der Waals surface area contributed by atoms with Gasteiger partial charge in [0.1, 0.15) is 5.82 Å². The van der Waals surface area contributed by atoms with E-state index in [1.807, 2.05) is 46.2 Å². The fourth-order valence-corrected chi connectivity index (χ4v) is 3.60. The summed E-state index contributed by atoms with van der Waals surface area (Å²) in [6, 6.07) is 6.10. The standard InChI is InChI=1S/C23H26N4O2/c1-5-27-12-17(8-15(3)23(27)28)20-11-24-16(4)26-22(20)29-13-18-9-19(18)21-7-6-14(2)10-25-21/h6-8,10-12,18-19H,5,9,13H2,1-4H3. The normalized spacial score (nSPS) is 17.9. The van der Waals surface area contributed by atoms with Crippen LogP contribution in [0.1, 0.15) is 41.9 Å². The van der Waals surface area contributed by atoms with Gasteiger partial charge in [0.05, 0.1) is 12.2 Å². The number of aryl methyl sites for hydroxylation is 4. The largest absolute Gasteiger partial charge is 0.477 e. The molecule has 1 aliphatic carbocycles. The van der Waals surface area contributed by atoms with Crippen molar-refractivity contribution in [2.24, 2.45) is 5.92 Å². The summed E-state index contributed by atoms with van der Waals surface area (Å²) >= 11 is 0. The molecule has 29 heavy (non-hydrogen) atoms. The summed E-state index contributed by atoms with van der Waals surface area (Å²) in [6.07, 6.45) is 6.63. The molecular formula is C23H26N4O2. The molecule has 0 spiro atoms. The van der Waals surface area contributed by atoms with Gasteiger partial charge in [-0.25, -0.2) is 4.98 Å². The predicted molar refractivity (Wildman–Crippen MR) is 112 cm³/mol. The van der Waals surface area contributed by atoms with Crippen molar-refractivity contribution in [1.29, 1.82) is 0 Å². The smallest absolute Gasteiger partial charge is 0.253 e. The summed E-state index contributed by atoms with van der Waals surface area (Å²) < 4.78 is 7.85. The Kier molecular flexibility index (Phi) is 5.18. The van der Waals surface area contributed by atoms with Gasteiger partial charge < -0.3 is 9.30 Å². The van der Waals surface area contributed by atoms with Crippen molar-refractivity contribution in [2.45, 2.75) is 46.6 Å². The van der Waals surface area contributed by atoms with Gasteiger partial charge in [0.25, 0.3) is 5.56 Å². The van der Waals surface area contributed by atoms with Gasteiger partial charge in [0.2, 0.25) is 5.88 Å². The Morgan fingerprint density at radius 1 is 1.17 bits per heavy atom. The van der Waals surface area contributed by atoms with Crippen molar-refractivity contribution in [3.8, 4) is 17.0 Å². The minimum Gasteiger partial charge on any atom is -0.477 e. The Balaban J connectivity index is 1.55. The highest BCUT2D eigenvalue weighted by atomic mass is 16.5. The van der Waals surface area contributed by atoms with Crippen LogP contribution in [0.4, 0.5) is 0 Å². The molecule has 1 saturated carbocycles. The van der Waals surface area contributed by atoms with Crippen LogP contribution in [0.15, 0.2) is 41.6 Å². The fourth-order valence-electron chi connectivity index (χ4n) is 3.60. The summed E-state index contributed by atoms with van der Waals surface area (Å²) in [5.74, 6) is 2.13. The van der Waals surface area contributed by atoms with Gasteiger partial charge in [-0.15, -0.1) is 0 Å². The lowest BCUT2D eigenvalue weighted by Crippen LogP contribution is -2.21. The van der Waals surface area contributed by atoms with Gasteiger partial charge >= 0.3 is 0 Å². The number of ether oxygens (including phenoxy) is 1. The molecule has 0 saturated heterocycles. The second kappa shape index (κ2) is 7.78. The molecule has 1 fully saturated rings. The number of hydrogen-bond acceptors (Lipinski definition) is 5. The second-order valence-electron chi connectivity index (χ2n) is 7.81. The molecule has 3 heterocycles. The zero-order chi connectivity index (χ0) is 20.5. The fraction of sp³-hybridized carbons (Fsp3) is 0.391. The lowest BCUT2D eigenvalue weighted by atomic mass is 10.1. The van der Waals surface area contributed by atoms with Gasteiger partial charge in [-0.3, -0.25) is 9.78 Å². The van der Waals surface area contributed by atoms with Crippen LogP contribution in [0.25, 0.3) is 11.1 Å². The van der Waals surface area contributed by atoms with E-state index in [2.05, 4.69) is 27.1 Å². The lowest BCUT2D eigenvalue weighted by Gasteiger charge is -2.13. The lowest BCUT2D eigenvalue weighted by molar-refractivity contribution is 0.285. The number of aromatic nitrogens is 4. The molecule has 0 radical (unpaired) electrons. The third-order valence-corrected chi connectivity index (χ3v) is 5.46. The molecule has 0 N–H and O–H groups in total. The number of pyridine rings is 2. The molecule has 2 unspecified atom stereocenters. The summed E-state index contributed by atoms with van der Waals surface area (Å²) in [5.41, 5.74) is 4.74. The molecule has 3 aromatic rings. The minimum absolute atomic E-state index is 0.0261. The van der Waals surface area contributed by atoms with Gasteiger partial charge in [-0.05, 0) is 51.8 Å². The first-order valence-electron chi connectivity index (χ1n) is 10.1. The third kappa shape index (κ3) is 4.06. The first kappa shape index (κ1) is 19.3. The van der Waals surface area contributed by atoms with Crippen LogP contribution in [0.5, 0.6) is 5.88 Å². The van der Waals surface area contributed by atoms with E-state index in [0.29, 0.717) is 42.3 Å². The Morgan fingerprint density at radius 2 is 2.00 bits per heavy atom. The first-order valence-corrected chi connectivity index (χ1v) is 10.1. The number of rotatable bonds is 6. The Bertz CT molecular complexity index is 1090. The minimum atomic E-state index is 0.0261. The van der Waals surface area contributed by atoms with Crippen molar-refractivity contribution in [2.75, 3.05) is 6.61 Å². The second-order valence-corrected chi connectivity index (χ2v) is 7.81. The van der Waals surface area contributed by atoms with E-state index in [4.69, 9.17) is 4.74 Å². The van der Waals surface area contributed by atoms with Gasteiger partial charge in [0.15, 0.2) is 0 Å². The third-order valence-electron chi connectivity index (χ3n) is 5.46. The highest BCUT2D eigenvalue weighted by Crippen LogP contribution is 2.47. The van der Waals surface area contributed by atoms with E-state index in [0.717, 1.165) is 23.2 Å². The van der Waals surface area contributed by atoms with Crippen LogP contribution < -0.4 is 10.3 Å². The number of nitrogens with zero attached hydrogens (tertiary/aromatic N) is 4. The average molecular weight is 390 g/mol. The SMILES string of the molecule is CCn1cc(-c2cnc(C)nc2OCC2CC2c2ccc(C)cn2)cc(C)c1=O. The van der Waals surface area contributed by atoms with E-state index < -0.39 is 0 Å². The van der Waals surface area contributed by atoms with E-state index >= 15 is 0 Å². The van der Waals surface area contributed by atoms with Crippen LogP contribution in [-0.4, -0.2) is 26.1 Å². The average Bonchev–Trinajstić information content (AvgIpc) is 3.49. The summed E-state index contributed by atoms with van der Waals surface area (Å²) in [7, 11) is 0. The highest BCUT2D eigenvalue weighted by molar-refractivity contribution is 5.67. The van der Waals surface area contributed by atoms with Crippen molar-refractivity contribution in [1.82, 2.24) is 19.5 Å². The molecule has 0 aliphatic heterocycles. The van der Waals surface area contributed by atoms with Gasteiger partial charge in [-0.2, -0.15) is 4.98 Å². The van der Waals surface area contributed by atoms with Crippen LogP contribution in [-0.2, 0) is 6.54 Å². The maximum atomic E-state index is 12.2. The highest BCUT2D eigenvalue weighted by Gasteiger charge is 2.40. The summed E-state index contributed by atoms with van der Waals surface area (Å²) in [5, 5.41) is 0. The summed E-state index contributed by atoms with van der Waals surface area (Å²) in [6.45, 7) is 8.90. The predicted octanol–water partition coefficient (Wildman–Crippen LogP) is 3.83. The molecule has 6 nitrogen and oxygen atoms in total. The van der Waals surface area contributed by atoms with Gasteiger partial charge in [-0.1, -0.05) is 6.07 Å². The van der Waals surface area contributed by atoms with Crippen molar-refractivity contribution in [3.05, 3.63) is 69.8 Å². The van der Waals surface area contributed by atoms with Crippen molar-refractivity contribution in [3.63, 3.8) is 0 Å². The first-order chi connectivity index (χ1) is 14.0. The van der Waals surface area contributed by atoms with Crippen LogP contribution in [0.3, 0.4) is 0 Å². The van der Waals surface area contributed by atoms with Crippen molar-refractivity contribution < 1.29 is 4.74 Å². The Morgan fingerprint density at radius 3 is 2.72 bits per heavy atom. The molecular weight excluding hydrogens is 364 g/mol. The zero-order valence-corrected chi connectivity index (χ0v) is 17.3. The molecule has 6 heteroatoms. The molecule has 3 aromatic heterocycles. The molecule has 2 atom stereocenters. The number of hydrogen-bond donors (Lipinski definition) is 0.